The molecule has 0 aromatic carbocycles. The van der Waals surface area contributed by atoms with Gasteiger partial charge in [0.2, 0.25) is 0 Å². The Labute approximate surface area is 83.3 Å². The molecule has 3 N–H and O–H groups in total. The van der Waals surface area contributed by atoms with Crippen LogP contribution in [0.25, 0.3) is 0 Å². The first kappa shape index (κ1) is 9.93. The van der Waals surface area contributed by atoms with Crippen molar-refractivity contribution in [1.29, 1.82) is 0 Å². The summed E-state index contributed by atoms with van der Waals surface area (Å²) < 4.78 is 0. The summed E-state index contributed by atoms with van der Waals surface area (Å²) in [6.45, 7) is 0.800. The molecule has 0 aromatic rings. The quantitative estimate of drug-likeness (QED) is 0.564. The zero-order chi connectivity index (χ0) is 10.1. The number of fused-ring (bicyclic) bond motifs is 1. The molecule has 1 saturated heterocycles. The number of piperidine rings is 1. The average molecular weight is 199 g/mol. The Morgan fingerprint density at radius 3 is 2.71 bits per heavy atom. The smallest absolute Gasteiger partial charge is 0.320 e. The lowest BCUT2D eigenvalue weighted by molar-refractivity contribution is -0.141. The Hall–Kier alpha value is -0.610. The molecule has 4 unspecified atom stereocenters. The van der Waals surface area contributed by atoms with Crippen molar-refractivity contribution in [1.82, 2.24) is 5.32 Å². The standard InChI is InChI=1S/C10H17NO3/c12-8-2-1-6-5-11-9(10(13)14)4-7(6)3-8/h6-9,11-12H,1-5H2,(H,13,14). The van der Waals surface area contributed by atoms with Gasteiger partial charge in [-0.15, -0.1) is 0 Å². The van der Waals surface area contributed by atoms with Gasteiger partial charge in [-0.3, -0.25) is 4.79 Å². The highest BCUT2D eigenvalue weighted by Crippen LogP contribution is 2.35. The highest BCUT2D eigenvalue weighted by molar-refractivity contribution is 5.73. The number of rotatable bonds is 1. The second-order valence-corrected chi connectivity index (χ2v) is 4.52. The van der Waals surface area contributed by atoms with Crippen LogP contribution in [0.4, 0.5) is 0 Å². The molecule has 0 radical (unpaired) electrons. The SMILES string of the molecule is O=C(O)C1CC2CC(O)CCC2CN1. The summed E-state index contributed by atoms with van der Waals surface area (Å²) in [4.78, 5) is 10.8. The Balaban J connectivity index is 1.96. The number of nitrogens with one attached hydrogen (secondary N) is 1. The molecule has 80 valence electrons. The van der Waals surface area contributed by atoms with Gasteiger partial charge in [0.15, 0.2) is 0 Å². The van der Waals surface area contributed by atoms with Gasteiger partial charge in [-0.1, -0.05) is 0 Å². The number of carboxylic acid groups (broad SMARTS) is 1. The minimum Gasteiger partial charge on any atom is -0.480 e. The lowest BCUT2D eigenvalue weighted by Crippen LogP contribution is -2.50. The van der Waals surface area contributed by atoms with E-state index in [1.54, 1.807) is 0 Å². The van der Waals surface area contributed by atoms with Gasteiger partial charge in [-0.05, 0) is 44.1 Å². The maximum absolute atomic E-state index is 10.8. The van der Waals surface area contributed by atoms with Crippen molar-refractivity contribution in [2.24, 2.45) is 11.8 Å². The van der Waals surface area contributed by atoms with E-state index < -0.39 is 12.0 Å². The van der Waals surface area contributed by atoms with Crippen LogP contribution in [0.2, 0.25) is 0 Å². The van der Waals surface area contributed by atoms with Crippen molar-refractivity contribution in [3.63, 3.8) is 0 Å². The van der Waals surface area contributed by atoms with E-state index in [2.05, 4.69) is 5.32 Å². The van der Waals surface area contributed by atoms with Crippen molar-refractivity contribution in [3.8, 4) is 0 Å². The lowest BCUT2D eigenvalue weighted by Gasteiger charge is -2.40. The van der Waals surface area contributed by atoms with Crippen LogP contribution in [0.3, 0.4) is 0 Å². The first-order chi connectivity index (χ1) is 6.66. The number of carboxylic acids is 1. The fourth-order valence-corrected chi connectivity index (χ4v) is 2.73. The molecule has 14 heavy (non-hydrogen) atoms. The molecular formula is C10H17NO3. The summed E-state index contributed by atoms with van der Waals surface area (Å²) >= 11 is 0. The van der Waals surface area contributed by atoms with Gasteiger partial charge in [-0.2, -0.15) is 0 Å². The molecule has 4 atom stereocenters. The molecule has 4 nitrogen and oxygen atoms in total. The summed E-state index contributed by atoms with van der Waals surface area (Å²) in [7, 11) is 0. The van der Waals surface area contributed by atoms with Crippen LogP contribution < -0.4 is 5.32 Å². The van der Waals surface area contributed by atoms with E-state index in [9.17, 15) is 9.90 Å². The third-order valence-corrected chi connectivity index (χ3v) is 3.58. The van der Waals surface area contributed by atoms with Crippen molar-refractivity contribution in [3.05, 3.63) is 0 Å². The predicted molar refractivity (Wildman–Crippen MR) is 50.9 cm³/mol. The second-order valence-electron chi connectivity index (χ2n) is 4.52. The van der Waals surface area contributed by atoms with E-state index in [4.69, 9.17) is 5.11 Å². The first-order valence-electron chi connectivity index (χ1n) is 5.31. The molecule has 1 saturated carbocycles. The minimum atomic E-state index is -0.761. The summed E-state index contributed by atoms with van der Waals surface area (Å²) in [5.41, 5.74) is 0. The highest BCUT2D eigenvalue weighted by atomic mass is 16.4. The van der Waals surface area contributed by atoms with Crippen LogP contribution >= 0.6 is 0 Å². The zero-order valence-electron chi connectivity index (χ0n) is 8.15. The van der Waals surface area contributed by atoms with Gasteiger partial charge in [0, 0.05) is 0 Å². The molecule has 4 heteroatoms. The number of carbonyl (C=O) groups is 1. The molecule has 0 amide bonds. The molecule has 0 aromatic heterocycles. The summed E-state index contributed by atoms with van der Waals surface area (Å²) in [5, 5.41) is 21.4. The van der Waals surface area contributed by atoms with E-state index in [1.807, 2.05) is 0 Å². The van der Waals surface area contributed by atoms with Gasteiger partial charge in [0.25, 0.3) is 0 Å². The maximum atomic E-state index is 10.8. The number of aliphatic hydroxyl groups is 1. The summed E-state index contributed by atoms with van der Waals surface area (Å²) in [5.74, 6) is 0.221. The summed E-state index contributed by atoms with van der Waals surface area (Å²) in [6.07, 6.45) is 3.17. The normalized spacial score (nSPS) is 42.9. The van der Waals surface area contributed by atoms with Crippen molar-refractivity contribution < 1.29 is 15.0 Å². The van der Waals surface area contributed by atoms with Crippen LogP contribution in [-0.2, 0) is 4.79 Å². The van der Waals surface area contributed by atoms with Crippen molar-refractivity contribution in [2.45, 2.75) is 37.8 Å². The molecule has 2 aliphatic rings. The molecular weight excluding hydrogens is 182 g/mol. The van der Waals surface area contributed by atoms with Crippen LogP contribution in [0.1, 0.15) is 25.7 Å². The monoisotopic (exact) mass is 199 g/mol. The number of hydrogen-bond donors (Lipinski definition) is 3. The van der Waals surface area contributed by atoms with Crippen LogP contribution in [0.15, 0.2) is 0 Å². The topological polar surface area (TPSA) is 69.6 Å². The van der Waals surface area contributed by atoms with Crippen LogP contribution in [0.5, 0.6) is 0 Å². The largest absolute Gasteiger partial charge is 0.480 e. The third kappa shape index (κ3) is 1.91. The first-order valence-corrected chi connectivity index (χ1v) is 5.31. The molecule has 1 heterocycles. The fraction of sp³-hybridized carbons (Fsp3) is 0.900. The fourth-order valence-electron chi connectivity index (χ4n) is 2.73. The van der Waals surface area contributed by atoms with Gasteiger partial charge in [0.05, 0.1) is 6.10 Å². The molecule has 2 rings (SSSR count). The van der Waals surface area contributed by atoms with Gasteiger partial charge in [-0.25, -0.2) is 0 Å². The Morgan fingerprint density at radius 2 is 2.00 bits per heavy atom. The lowest BCUT2D eigenvalue weighted by atomic mass is 9.72. The zero-order valence-corrected chi connectivity index (χ0v) is 8.15. The van der Waals surface area contributed by atoms with Gasteiger partial charge in [0.1, 0.15) is 6.04 Å². The van der Waals surface area contributed by atoms with E-state index in [1.165, 1.54) is 0 Å². The van der Waals surface area contributed by atoms with Crippen molar-refractivity contribution >= 4 is 5.97 Å². The second kappa shape index (κ2) is 3.87. The third-order valence-electron chi connectivity index (χ3n) is 3.58. The van der Waals surface area contributed by atoms with E-state index in [-0.39, 0.29) is 6.10 Å². The van der Waals surface area contributed by atoms with E-state index >= 15 is 0 Å². The Bertz CT molecular complexity index is 231. The van der Waals surface area contributed by atoms with Gasteiger partial charge < -0.3 is 15.5 Å². The average Bonchev–Trinajstić information content (AvgIpc) is 2.16. The summed E-state index contributed by atoms with van der Waals surface area (Å²) in [6, 6.07) is -0.401. The minimum absolute atomic E-state index is 0.205. The number of aliphatic hydroxyl groups excluding tert-OH is 1. The van der Waals surface area contributed by atoms with E-state index in [0.29, 0.717) is 18.3 Å². The molecule has 1 aliphatic carbocycles. The molecule has 0 spiro atoms. The van der Waals surface area contributed by atoms with Crippen LogP contribution in [0, 0.1) is 11.8 Å². The Morgan fingerprint density at radius 1 is 1.21 bits per heavy atom. The van der Waals surface area contributed by atoms with E-state index in [0.717, 1.165) is 25.8 Å². The molecule has 2 fully saturated rings. The van der Waals surface area contributed by atoms with Crippen LogP contribution in [-0.4, -0.2) is 34.9 Å². The number of aliphatic carboxylic acids is 1. The number of hydrogen-bond acceptors (Lipinski definition) is 3. The maximum Gasteiger partial charge on any atom is 0.320 e. The Kier molecular flexibility index (Phi) is 2.74. The van der Waals surface area contributed by atoms with Crippen molar-refractivity contribution in [2.75, 3.05) is 6.54 Å². The highest BCUT2D eigenvalue weighted by Gasteiger charge is 2.36. The predicted octanol–water partition coefficient (Wildman–Crippen LogP) is 0.210. The molecule has 1 aliphatic heterocycles. The molecule has 0 bridgehead atoms. The van der Waals surface area contributed by atoms with Gasteiger partial charge >= 0.3 is 5.97 Å².